The Morgan fingerprint density at radius 1 is 0.735 bits per heavy atom. The van der Waals surface area contributed by atoms with Gasteiger partial charge in [-0.05, 0) is 103 Å². The van der Waals surface area contributed by atoms with E-state index in [0.717, 1.165) is 81.3 Å². The number of esters is 2. The second kappa shape index (κ2) is 18.8. The van der Waals surface area contributed by atoms with Gasteiger partial charge >= 0.3 is 11.9 Å². The molecule has 0 saturated heterocycles. The number of rotatable bonds is 18. The van der Waals surface area contributed by atoms with Crippen molar-refractivity contribution in [3.05, 3.63) is 130 Å². The maximum atomic E-state index is 12.2. The fourth-order valence-corrected chi connectivity index (χ4v) is 6.92. The van der Waals surface area contributed by atoms with Crippen LogP contribution in [0.5, 0.6) is 11.5 Å². The maximum Gasteiger partial charge on any atom is 0.337 e. The summed E-state index contributed by atoms with van der Waals surface area (Å²) < 4.78 is 22.2. The summed E-state index contributed by atoms with van der Waals surface area (Å²) in [6.07, 6.45) is 10.5. The second-order valence-corrected chi connectivity index (χ2v) is 13.0. The van der Waals surface area contributed by atoms with Crippen molar-refractivity contribution < 1.29 is 28.5 Å². The van der Waals surface area contributed by atoms with Gasteiger partial charge in [-0.3, -0.25) is 4.79 Å². The van der Waals surface area contributed by atoms with Crippen LogP contribution in [0.25, 0.3) is 0 Å². The van der Waals surface area contributed by atoms with Gasteiger partial charge in [0.1, 0.15) is 18.1 Å². The molecule has 0 bridgehead atoms. The molecule has 0 N–H and O–H groups in total. The van der Waals surface area contributed by atoms with Crippen LogP contribution < -0.4 is 9.47 Å². The van der Waals surface area contributed by atoms with Gasteiger partial charge in [0.05, 0.1) is 26.4 Å². The van der Waals surface area contributed by atoms with Gasteiger partial charge < -0.3 is 18.9 Å². The summed E-state index contributed by atoms with van der Waals surface area (Å²) in [5, 5.41) is 0. The van der Waals surface area contributed by atoms with Gasteiger partial charge in [0.15, 0.2) is 0 Å². The molecule has 0 fully saturated rings. The smallest absolute Gasteiger partial charge is 0.337 e. The second-order valence-electron chi connectivity index (χ2n) is 13.0. The molecule has 49 heavy (non-hydrogen) atoms. The molecule has 0 radical (unpaired) electrons. The van der Waals surface area contributed by atoms with Gasteiger partial charge in [-0.1, -0.05) is 98.1 Å². The lowest BCUT2D eigenvalue weighted by atomic mass is 9.76. The first-order valence-corrected chi connectivity index (χ1v) is 17.8. The number of benzene rings is 4. The van der Waals surface area contributed by atoms with Crippen LogP contribution in [0.1, 0.15) is 95.5 Å². The van der Waals surface area contributed by atoms with Gasteiger partial charge in [-0.15, -0.1) is 0 Å². The molecular formula is C43H50O6. The molecule has 6 heteroatoms. The van der Waals surface area contributed by atoms with Gasteiger partial charge in [0.2, 0.25) is 0 Å². The molecule has 6 nitrogen and oxygen atoms in total. The quantitative estimate of drug-likeness (QED) is 0.0781. The van der Waals surface area contributed by atoms with Crippen LogP contribution in [-0.4, -0.2) is 32.8 Å². The van der Waals surface area contributed by atoms with Gasteiger partial charge in [-0.2, -0.15) is 0 Å². The van der Waals surface area contributed by atoms with Crippen LogP contribution >= 0.6 is 0 Å². The number of carbonyl (C=O) groups is 2. The Morgan fingerprint density at radius 3 is 2.22 bits per heavy atom. The molecule has 2 unspecified atom stereocenters. The largest absolute Gasteiger partial charge is 0.493 e. The van der Waals surface area contributed by atoms with E-state index in [9.17, 15) is 9.59 Å². The Bertz CT molecular complexity index is 1610. The minimum Gasteiger partial charge on any atom is -0.493 e. The molecule has 1 heterocycles. The lowest BCUT2D eigenvalue weighted by molar-refractivity contribution is -0.140. The fourth-order valence-electron chi connectivity index (χ4n) is 6.92. The van der Waals surface area contributed by atoms with E-state index in [2.05, 4.69) is 78.9 Å². The lowest BCUT2D eigenvalue weighted by Gasteiger charge is -2.33. The fraction of sp³-hybridized carbons (Fsp3) is 0.395. The molecule has 5 rings (SSSR count). The van der Waals surface area contributed by atoms with Gasteiger partial charge in [0.25, 0.3) is 0 Å². The summed E-state index contributed by atoms with van der Waals surface area (Å²) in [5.41, 5.74) is 6.76. The van der Waals surface area contributed by atoms with E-state index in [4.69, 9.17) is 18.9 Å². The third kappa shape index (κ3) is 10.7. The van der Waals surface area contributed by atoms with Crippen LogP contribution in [0.4, 0.5) is 0 Å². The number of unbranched alkanes of at least 4 members (excludes halogenated alkanes) is 3. The van der Waals surface area contributed by atoms with Crippen LogP contribution in [0.3, 0.4) is 0 Å². The molecule has 258 valence electrons. The average Bonchev–Trinajstić information content (AvgIpc) is 3.16. The molecule has 4 aromatic rings. The van der Waals surface area contributed by atoms with Crippen LogP contribution in [-0.2, 0) is 40.1 Å². The molecule has 0 aromatic heterocycles. The molecular weight excluding hydrogens is 612 g/mol. The van der Waals surface area contributed by atoms with E-state index in [-0.39, 0.29) is 11.9 Å². The van der Waals surface area contributed by atoms with Crippen molar-refractivity contribution in [3.63, 3.8) is 0 Å². The highest BCUT2D eigenvalue weighted by molar-refractivity contribution is 5.90. The number of carbonyl (C=O) groups excluding carboxylic acids is 2. The molecule has 0 aliphatic carbocycles. The molecule has 0 amide bonds. The summed E-state index contributed by atoms with van der Waals surface area (Å²) in [6, 6.07) is 33.6. The topological polar surface area (TPSA) is 71.1 Å². The predicted molar refractivity (Wildman–Crippen MR) is 193 cm³/mol. The van der Waals surface area contributed by atoms with E-state index in [1.807, 2.05) is 18.2 Å². The van der Waals surface area contributed by atoms with Crippen LogP contribution in [0.2, 0.25) is 0 Å². The number of ether oxygens (including phenoxy) is 4. The monoisotopic (exact) mass is 662 g/mol. The zero-order valence-corrected chi connectivity index (χ0v) is 29.0. The first-order valence-electron chi connectivity index (χ1n) is 17.8. The standard InChI is InChI=1S/C43H50O6/c1-46-42(44)17-9-4-3-8-14-35(38-28-29-48-41-30-37(43(45)47-2)26-27-39(38)41)24-25-36-15-10-11-16-40(36)49-31-34-22-20-33(21-23-34)19-18-32-12-6-5-7-13-32/h5-7,10-13,15-16,20-23,26-27,30,35,38H,3-4,8-9,14,17-19,24-25,28-29,31H2,1-2H3. The lowest BCUT2D eigenvalue weighted by Crippen LogP contribution is -2.22. The molecule has 1 aliphatic heterocycles. The maximum absolute atomic E-state index is 12.2. The zero-order chi connectivity index (χ0) is 34.3. The molecule has 0 saturated carbocycles. The number of hydrogen-bond donors (Lipinski definition) is 0. The molecule has 4 aromatic carbocycles. The van der Waals surface area contributed by atoms with Crippen molar-refractivity contribution in [2.45, 2.75) is 83.2 Å². The van der Waals surface area contributed by atoms with Crippen molar-refractivity contribution in [2.75, 3.05) is 20.8 Å². The minimum atomic E-state index is -0.354. The van der Waals surface area contributed by atoms with E-state index in [1.165, 1.54) is 36.5 Å². The minimum absolute atomic E-state index is 0.139. The van der Waals surface area contributed by atoms with E-state index in [1.54, 1.807) is 0 Å². The third-order valence-electron chi connectivity index (χ3n) is 9.74. The molecule has 0 spiro atoms. The zero-order valence-electron chi connectivity index (χ0n) is 29.0. The highest BCUT2D eigenvalue weighted by atomic mass is 16.5. The Kier molecular flexibility index (Phi) is 13.7. The van der Waals surface area contributed by atoms with Gasteiger partial charge in [0, 0.05) is 6.42 Å². The number of methoxy groups -OCH3 is 2. The van der Waals surface area contributed by atoms with Crippen molar-refractivity contribution in [1.82, 2.24) is 0 Å². The number of fused-ring (bicyclic) bond motifs is 1. The average molecular weight is 663 g/mol. The SMILES string of the molecule is COC(=O)CCCCCCC(CCc1ccccc1OCc1ccc(CCc2ccccc2)cc1)C1CCOc2cc(C(=O)OC)ccc21. The number of aryl methyl sites for hydroxylation is 3. The van der Waals surface area contributed by atoms with Crippen LogP contribution in [0, 0.1) is 5.92 Å². The first-order chi connectivity index (χ1) is 24.0. The molecule has 1 aliphatic rings. The van der Waals surface area contributed by atoms with Gasteiger partial charge in [-0.25, -0.2) is 4.79 Å². The summed E-state index contributed by atoms with van der Waals surface area (Å²) in [6.45, 7) is 1.16. The summed E-state index contributed by atoms with van der Waals surface area (Å²) >= 11 is 0. The Morgan fingerprint density at radius 2 is 1.45 bits per heavy atom. The van der Waals surface area contributed by atoms with Crippen molar-refractivity contribution in [3.8, 4) is 11.5 Å². The predicted octanol–water partition coefficient (Wildman–Crippen LogP) is 9.47. The highest BCUT2D eigenvalue weighted by Crippen LogP contribution is 2.43. The Hall–Kier alpha value is -4.58. The van der Waals surface area contributed by atoms with Crippen LogP contribution in [0.15, 0.2) is 97.1 Å². The van der Waals surface area contributed by atoms with E-state index in [0.29, 0.717) is 37.0 Å². The summed E-state index contributed by atoms with van der Waals surface area (Å²) in [7, 11) is 2.85. The number of para-hydroxylation sites is 1. The first kappa shape index (κ1) is 35.7. The summed E-state index contributed by atoms with van der Waals surface area (Å²) in [5.74, 6) is 2.00. The van der Waals surface area contributed by atoms with E-state index >= 15 is 0 Å². The Balaban J connectivity index is 1.22. The van der Waals surface area contributed by atoms with Crippen molar-refractivity contribution >= 4 is 11.9 Å². The van der Waals surface area contributed by atoms with Crippen molar-refractivity contribution in [2.24, 2.45) is 5.92 Å². The third-order valence-corrected chi connectivity index (χ3v) is 9.74. The summed E-state index contributed by atoms with van der Waals surface area (Å²) in [4.78, 5) is 23.8. The van der Waals surface area contributed by atoms with Crippen molar-refractivity contribution in [1.29, 1.82) is 0 Å². The molecule has 2 atom stereocenters. The Labute approximate surface area is 291 Å². The normalized spacial score (nSPS) is 14.3. The highest BCUT2D eigenvalue weighted by Gasteiger charge is 2.29. The number of hydrogen-bond acceptors (Lipinski definition) is 6. The van der Waals surface area contributed by atoms with E-state index < -0.39 is 0 Å².